The van der Waals surface area contributed by atoms with Gasteiger partial charge in [0.05, 0.1) is 30.8 Å². The molecule has 1 fully saturated rings. The van der Waals surface area contributed by atoms with Crippen molar-refractivity contribution >= 4 is 57.3 Å². The summed E-state index contributed by atoms with van der Waals surface area (Å²) in [5, 5.41) is 32.3. The van der Waals surface area contributed by atoms with Gasteiger partial charge >= 0.3 is 5.97 Å². The van der Waals surface area contributed by atoms with Crippen molar-refractivity contribution in [3.8, 4) is 0 Å². The van der Waals surface area contributed by atoms with Gasteiger partial charge in [-0.3, -0.25) is 33.6 Å². The third kappa shape index (κ3) is 12.4. The third-order valence-electron chi connectivity index (χ3n) is 10.4. The Kier molecular flexibility index (Phi) is 16.8. The molecule has 0 aliphatic carbocycles. The first-order chi connectivity index (χ1) is 30.1. The molecule has 0 spiro atoms. The molecule has 5 amide bonds. The van der Waals surface area contributed by atoms with Crippen molar-refractivity contribution < 1.29 is 57.9 Å². The summed E-state index contributed by atoms with van der Waals surface area (Å²) in [6, 6.07) is 17.1. The van der Waals surface area contributed by atoms with Crippen molar-refractivity contribution in [1.29, 1.82) is 0 Å². The van der Waals surface area contributed by atoms with Gasteiger partial charge in [-0.15, -0.1) is 0 Å². The van der Waals surface area contributed by atoms with Gasteiger partial charge in [-0.1, -0.05) is 62.4 Å². The molecule has 9 N–H and O–H groups in total. The molecule has 1 unspecified atom stereocenters. The van der Waals surface area contributed by atoms with E-state index in [2.05, 4.69) is 26.3 Å². The molecule has 0 bridgehead atoms. The predicted octanol–water partition coefficient (Wildman–Crippen LogP) is 0.419. The van der Waals surface area contributed by atoms with E-state index in [-0.39, 0.29) is 43.6 Å². The molecule has 5 rings (SSSR count). The Balaban J connectivity index is 1.13. The summed E-state index contributed by atoms with van der Waals surface area (Å²) in [6.07, 6.45) is -7.17. The highest BCUT2D eigenvalue weighted by Crippen LogP contribution is 2.27. The van der Waals surface area contributed by atoms with E-state index in [1.807, 2.05) is 30.3 Å². The van der Waals surface area contributed by atoms with Crippen molar-refractivity contribution in [3.05, 3.63) is 94.1 Å². The van der Waals surface area contributed by atoms with E-state index in [4.69, 9.17) is 24.7 Å². The van der Waals surface area contributed by atoms with Crippen LogP contribution in [0.2, 0.25) is 0 Å². The maximum absolute atomic E-state index is 13.5. The van der Waals surface area contributed by atoms with Crippen molar-refractivity contribution in [3.63, 3.8) is 0 Å². The van der Waals surface area contributed by atoms with Gasteiger partial charge in [-0.2, -0.15) is 0 Å². The molecule has 19 nitrogen and oxygen atoms in total. The number of aliphatic hydroxyl groups excluding tert-OH is 2. The van der Waals surface area contributed by atoms with E-state index in [1.165, 1.54) is 13.8 Å². The van der Waals surface area contributed by atoms with E-state index in [0.29, 0.717) is 21.8 Å². The number of aliphatic hydroxyl groups is 2. The van der Waals surface area contributed by atoms with Crippen molar-refractivity contribution in [1.82, 2.24) is 26.3 Å². The number of rotatable bonds is 20. The summed E-state index contributed by atoms with van der Waals surface area (Å²) in [7, 11) is 0. The molecule has 3 aromatic carbocycles. The number of amides is 5. The van der Waals surface area contributed by atoms with Gasteiger partial charge in [-0.25, -0.2) is 0 Å². The molecule has 4 aromatic rings. The molecule has 2 heterocycles. The largest absolute Gasteiger partial charge is 0.464 e. The summed E-state index contributed by atoms with van der Waals surface area (Å²) in [5.74, 6) is -4.81. The standard InChI is InChI=1S/C44H54N6O13/c1-23(2)34(50-41(57)24(3)62-39-36(47-25(4)52)44(63-32(21-51)38(39)55)61-22-26-11-6-5-7-12-26)43(59)49-31(40(45)56)17-18-33(53)60-20-19-46-42(58)29-15-10-14-28-35(29)48-30-16-9-8-13-27(30)37(28)54/h5-16,23-24,31-32,34,36,38-39,44,51,55H,17-22H2,1-4H3,(H2,45,56)(H,46,58)(H,47,52)(H,48,54)(H,49,59)(H,50,57)/t24?,31-,32-,34+,36-,38-,39-,44+/m1/s1. The summed E-state index contributed by atoms with van der Waals surface area (Å²) in [5.41, 5.74) is 7.28. The van der Waals surface area contributed by atoms with E-state index in [9.17, 15) is 43.8 Å². The Hall–Kier alpha value is -6.25. The van der Waals surface area contributed by atoms with Crippen molar-refractivity contribution in [2.75, 3.05) is 19.8 Å². The normalized spacial score (nSPS) is 20.0. The maximum Gasteiger partial charge on any atom is 0.305 e. The van der Waals surface area contributed by atoms with Gasteiger partial charge < -0.3 is 61.1 Å². The number of nitrogens with two attached hydrogens (primary N) is 1. The first-order valence-electron chi connectivity index (χ1n) is 20.5. The number of primary amides is 1. The number of H-pyrrole nitrogens is 1. The third-order valence-corrected chi connectivity index (χ3v) is 10.4. The minimum Gasteiger partial charge on any atom is -0.464 e. The minimum absolute atomic E-state index is 0.0494. The average Bonchev–Trinajstić information content (AvgIpc) is 3.26. The zero-order valence-corrected chi connectivity index (χ0v) is 35.3. The molecule has 0 radical (unpaired) electrons. The molecule has 63 heavy (non-hydrogen) atoms. The number of carbonyl (C=O) groups excluding carboxylic acids is 6. The van der Waals surface area contributed by atoms with Gasteiger partial charge in [0.15, 0.2) is 11.7 Å². The quantitative estimate of drug-likeness (QED) is 0.0340. The van der Waals surface area contributed by atoms with Crippen molar-refractivity contribution in [2.24, 2.45) is 11.7 Å². The monoisotopic (exact) mass is 874 g/mol. The van der Waals surface area contributed by atoms with Crippen LogP contribution in [0.1, 0.15) is 56.5 Å². The average molecular weight is 875 g/mol. The Morgan fingerprint density at radius 1 is 0.905 bits per heavy atom. The zero-order chi connectivity index (χ0) is 45.8. The Morgan fingerprint density at radius 3 is 2.29 bits per heavy atom. The van der Waals surface area contributed by atoms with Gasteiger partial charge in [0.2, 0.25) is 23.6 Å². The maximum atomic E-state index is 13.5. The molecule has 8 atom stereocenters. The van der Waals surface area contributed by atoms with E-state index in [1.54, 1.807) is 56.3 Å². The Bertz CT molecular complexity index is 2320. The topological polar surface area (TPSA) is 287 Å². The van der Waals surface area contributed by atoms with Gasteiger partial charge in [0.1, 0.15) is 49.1 Å². The zero-order valence-electron chi connectivity index (χ0n) is 35.3. The van der Waals surface area contributed by atoms with Crippen LogP contribution in [0.3, 0.4) is 0 Å². The van der Waals surface area contributed by atoms with Gasteiger partial charge in [0.25, 0.3) is 5.91 Å². The SMILES string of the molecule is CC(=O)N[C@H]1[C@@H](OCc2ccccc2)O[C@H](CO)[C@@H](O)[C@@H]1OC(C)C(=O)N[C@H](C(=O)N[C@H](CCC(=O)OCCNC(=O)c1cccc2c(=O)c3ccccc3[nH]c12)C(N)=O)C(C)C. The molecule has 0 saturated carbocycles. The van der Waals surface area contributed by atoms with E-state index >= 15 is 0 Å². The Labute approximate surface area is 362 Å². The molecule has 1 aliphatic heterocycles. The van der Waals surface area contributed by atoms with Crippen LogP contribution >= 0.6 is 0 Å². The van der Waals surface area contributed by atoms with Crippen LogP contribution in [-0.4, -0.2) is 119 Å². The van der Waals surface area contributed by atoms with Crippen LogP contribution in [0, 0.1) is 5.92 Å². The van der Waals surface area contributed by atoms with Crippen LogP contribution in [0.4, 0.5) is 0 Å². The molecular weight excluding hydrogens is 821 g/mol. The number of benzene rings is 3. The molecule has 19 heteroatoms. The number of nitrogens with one attached hydrogen (secondary N) is 5. The van der Waals surface area contributed by atoms with Crippen LogP contribution < -0.4 is 32.4 Å². The number of ether oxygens (including phenoxy) is 4. The number of esters is 1. The second-order valence-electron chi connectivity index (χ2n) is 15.4. The second-order valence-corrected chi connectivity index (χ2v) is 15.4. The summed E-state index contributed by atoms with van der Waals surface area (Å²) in [6.45, 7) is 5.01. The Morgan fingerprint density at radius 2 is 1.60 bits per heavy atom. The number of aromatic nitrogens is 1. The molecule has 1 saturated heterocycles. The van der Waals surface area contributed by atoms with Crippen LogP contribution in [0.5, 0.6) is 0 Å². The lowest BCUT2D eigenvalue weighted by Crippen LogP contribution is -2.66. The highest BCUT2D eigenvalue weighted by Gasteiger charge is 2.48. The van der Waals surface area contributed by atoms with E-state index in [0.717, 1.165) is 5.56 Å². The van der Waals surface area contributed by atoms with Gasteiger partial charge in [0, 0.05) is 29.6 Å². The number of hydrogen-bond acceptors (Lipinski definition) is 13. The number of carbonyl (C=O) groups is 6. The minimum atomic E-state index is -1.52. The summed E-state index contributed by atoms with van der Waals surface area (Å²) >= 11 is 0. The fourth-order valence-corrected chi connectivity index (χ4v) is 7.06. The second kappa shape index (κ2) is 22.2. The van der Waals surface area contributed by atoms with Crippen LogP contribution in [0.15, 0.2) is 77.6 Å². The number of pyridine rings is 1. The molecule has 338 valence electrons. The molecule has 1 aliphatic rings. The summed E-state index contributed by atoms with van der Waals surface area (Å²) < 4.78 is 23.0. The predicted molar refractivity (Wildman–Crippen MR) is 227 cm³/mol. The lowest BCUT2D eigenvalue weighted by molar-refractivity contribution is -0.283. The lowest BCUT2D eigenvalue weighted by Gasteiger charge is -2.44. The first-order valence-corrected chi connectivity index (χ1v) is 20.5. The molecule has 1 aromatic heterocycles. The highest BCUT2D eigenvalue weighted by atomic mass is 16.7. The van der Waals surface area contributed by atoms with E-state index < -0.39 is 96.9 Å². The number of fused-ring (bicyclic) bond motifs is 2. The highest BCUT2D eigenvalue weighted by molar-refractivity contribution is 6.07. The lowest BCUT2D eigenvalue weighted by atomic mass is 9.96. The smallest absolute Gasteiger partial charge is 0.305 e. The number of hydrogen-bond donors (Lipinski definition) is 8. The fourth-order valence-electron chi connectivity index (χ4n) is 7.06. The molecular formula is C44H54N6O13. The van der Waals surface area contributed by atoms with Gasteiger partial charge in [-0.05, 0) is 49.1 Å². The van der Waals surface area contributed by atoms with Crippen LogP contribution in [-0.2, 0) is 49.5 Å². The first kappa shape index (κ1) is 47.8. The fraction of sp³-hybridized carbons (Fsp3) is 0.432. The summed E-state index contributed by atoms with van der Waals surface area (Å²) in [4.78, 5) is 93.5. The van der Waals surface area contributed by atoms with Crippen LogP contribution in [0.25, 0.3) is 21.8 Å². The number of para-hydroxylation sites is 2. The number of aromatic amines is 1. The van der Waals surface area contributed by atoms with Crippen molar-refractivity contribution in [2.45, 2.75) is 96.0 Å².